The standard InChI is InChI=1S/C34H59N13O8/c1-19(2)26(32(54)55)45-25(48)18-42-28(50)23-11-6-16-46(23)31(53)22(10-5-15-41-34(37)38)44-29(51)24-12-7-17-47(24)30(52)21(9-4-14-40-33(35)36)43-27(49)20-8-3-13-39-20/h19-24,26,39H,3-18H2,1-2H3,(H,42,50)(H,43,49)(H,44,51)(H,45,48)(H,54,55)(H4,35,36,40)(H4,37,38,41). The number of carbonyl (C=O) groups excluding carboxylic acids is 6. The number of guanidine groups is 2. The minimum absolute atomic E-state index is 0.112. The van der Waals surface area contributed by atoms with E-state index in [2.05, 4.69) is 37.2 Å². The van der Waals surface area contributed by atoms with Crippen LogP contribution in [0.5, 0.6) is 0 Å². The third-order valence-corrected chi connectivity index (χ3v) is 9.93. The Hall–Kier alpha value is -5.21. The SMILES string of the molecule is CC(C)C(NC(=O)CNC(=O)C1CCCN1C(=O)C(CCCNC(=N)N)NC(=O)C1CCCN1C(=O)C(CCCNC(=N)N)NC(=O)C1CCCN1)C(=O)O. The Labute approximate surface area is 320 Å². The molecule has 0 aromatic rings. The summed E-state index contributed by atoms with van der Waals surface area (Å²) in [4.78, 5) is 95.0. The van der Waals surface area contributed by atoms with Crippen molar-refractivity contribution in [1.29, 1.82) is 10.8 Å². The number of nitrogens with one attached hydrogen (secondary N) is 9. The fourth-order valence-electron chi connectivity index (χ4n) is 7.05. The molecular formula is C34H59N13O8. The molecule has 3 saturated heterocycles. The van der Waals surface area contributed by atoms with Crippen molar-refractivity contribution < 1.29 is 38.7 Å². The summed E-state index contributed by atoms with van der Waals surface area (Å²) in [6.45, 7) is 4.45. The molecule has 0 radical (unpaired) electrons. The highest BCUT2D eigenvalue weighted by Gasteiger charge is 2.42. The maximum Gasteiger partial charge on any atom is 0.326 e. The minimum atomic E-state index is -1.21. The summed E-state index contributed by atoms with van der Waals surface area (Å²) in [5, 5.41) is 43.2. The van der Waals surface area contributed by atoms with Crippen molar-refractivity contribution in [1.82, 2.24) is 47.0 Å². The van der Waals surface area contributed by atoms with Gasteiger partial charge in [0.2, 0.25) is 35.4 Å². The van der Waals surface area contributed by atoms with Gasteiger partial charge in [-0.3, -0.25) is 39.6 Å². The molecule has 3 aliphatic rings. The van der Waals surface area contributed by atoms with Crippen LogP contribution in [-0.4, -0.2) is 144 Å². The Morgan fingerprint density at radius 1 is 0.727 bits per heavy atom. The van der Waals surface area contributed by atoms with Crippen LogP contribution < -0.4 is 48.7 Å². The van der Waals surface area contributed by atoms with Gasteiger partial charge in [0.05, 0.1) is 12.6 Å². The van der Waals surface area contributed by atoms with Gasteiger partial charge in [-0.05, 0) is 76.7 Å². The van der Waals surface area contributed by atoms with E-state index in [1.54, 1.807) is 13.8 Å². The third-order valence-electron chi connectivity index (χ3n) is 9.93. The average molecular weight is 778 g/mol. The van der Waals surface area contributed by atoms with Crippen LogP contribution in [-0.2, 0) is 33.6 Å². The number of likely N-dealkylation sites (tertiary alicyclic amines) is 2. The van der Waals surface area contributed by atoms with Crippen molar-refractivity contribution in [3.8, 4) is 0 Å². The van der Waals surface area contributed by atoms with E-state index in [4.69, 9.17) is 22.3 Å². The Morgan fingerprint density at radius 3 is 1.69 bits per heavy atom. The molecule has 3 rings (SSSR count). The molecule has 0 aliphatic carbocycles. The van der Waals surface area contributed by atoms with E-state index in [0.29, 0.717) is 58.0 Å². The van der Waals surface area contributed by atoms with Crippen LogP contribution in [0, 0.1) is 16.7 Å². The van der Waals surface area contributed by atoms with Gasteiger partial charge < -0.3 is 63.6 Å². The van der Waals surface area contributed by atoms with Crippen LogP contribution in [0.25, 0.3) is 0 Å². The molecule has 0 bridgehead atoms. The number of carboxylic acids is 1. The number of hydrogen-bond donors (Lipinski definition) is 12. The zero-order valence-corrected chi connectivity index (χ0v) is 31.7. The Kier molecular flexibility index (Phi) is 17.4. The summed E-state index contributed by atoms with van der Waals surface area (Å²) in [6.07, 6.45) is 4.11. The maximum absolute atomic E-state index is 14.1. The number of hydrogen-bond acceptors (Lipinski definition) is 10. The molecule has 3 aliphatic heterocycles. The number of nitrogens with two attached hydrogens (primary N) is 2. The van der Waals surface area contributed by atoms with Gasteiger partial charge in [0, 0.05) is 26.2 Å². The lowest BCUT2D eigenvalue weighted by Gasteiger charge is -2.32. The second kappa shape index (κ2) is 21.6. The zero-order valence-electron chi connectivity index (χ0n) is 31.7. The first-order valence-corrected chi connectivity index (χ1v) is 19.0. The van der Waals surface area contributed by atoms with Gasteiger partial charge in [0.25, 0.3) is 0 Å². The van der Waals surface area contributed by atoms with E-state index in [0.717, 1.165) is 6.42 Å². The molecule has 6 unspecified atom stereocenters. The van der Waals surface area contributed by atoms with Gasteiger partial charge in [-0.2, -0.15) is 0 Å². The van der Waals surface area contributed by atoms with Gasteiger partial charge in [-0.1, -0.05) is 13.8 Å². The van der Waals surface area contributed by atoms with E-state index < -0.39 is 84.2 Å². The fourth-order valence-corrected chi connectivity index (χ4v) is 7.05. The molecular weight excluding hydrogens is 718 g/mol. The highest BCUT2D eigenvalue weighted by Crippen LogP contribution is 2.23. The number of carbonyl (C=O) groups is 7. The summed E-state index contributed by atoms with van der Waals surface area (Å²) in [5.41, 5.74) is 10.8. The van der Waals surface area contributed by atoms with Crippen molar-refractivity contribution >= 4 is 53.3 Å². The van der Waals surface area contributed by atoms with E-state index in [1.165, 1.54) is 9.80 Å². The van der Waals surface area contributed by atoms with E-state index >= 15 is 0 Å². The van der Waals surface area contributed by atoms with Gasteiger partial charge in [-0.25, -0.2) is 4.79 Å². The van der Waals surface area contributed by atoms with Crippen molar-refractivity contribution in [3.63, 3.8) is 0 Å². The van der Waals surface area contributed by atoms with Crippen molar-refractivity contribution in [2.45, 2.75) is 114 Å². The first-order valence-electron chi connectivity index (χ1n) is 19.0. The van der Waals surface area contributed by atoms with E-state index in [1.807, 2.05) is 0 Å². The number of amides is 6. The Bertz CT molecular complexity index is 1420. The van der Waals surface area contributed by atoms with Crippen LogP contribution in [0.15, 0.2) is 0 Å². The lowest BCUT2D eigenvalue weighted by molar-refractivity contribution is -0.145. The molecule has 21 heteroatoms. The van der Waals surface area contributed by atoms with Crippen LogP contribution in [0.4, 0.5) is 0 Å². The highest BCUT2D eigenvalue weighted by atomic mass is 16.4. The normalized spacial score (nSPS) is 20.9. The molecule has 308 valence electrons. The van der Waals surface area contributed by atoms with Gasteiger partial charge in [-0.15, -0.1) is 0 Å². The first kappa shape index (κ1) is 44.2. The predicted octanol–water partition coefficient (Wildman–Crippen LogP) is -3.44. The predicted molar refractivity (Wildman–Crippen MR) is 200 cm³/mol. The van der Waals surface area contributed by atoms with Crippen LogP contribution in [0.3, 0.4) is 0 Å². The molecule has 6 atom stereocenters. The number of nitrogens with zero attached hydrogens (tertiary/aromatic N) is 2. The fraction of sp³-hybridized carbons (Fsp3) is 0.735. The smallest absolute Gasteiger partial charge is 0.326 e. The Balaban J connectivity index is 1.72. The van der Waals surface area contributed by atoms with Crippen molar-refractivity contribution in [2.24, 2.45) is 17.4 Å². The topological polar surface area (TPSA) is 330 Å². The van der Waals surface area contributed by atoms with Gasteiger partial charge in [0.15, 0.2) is 11.9 Å². The van der Waals surface area contributed by atoms with E-state index in [-0.39, 0.29) is 50.3 Å². The molecule has 3 fully saturated rings. The molecule has 0 spiro atoms. The van der Waals surface area contributed by atoms with Crippen LogP contribution >= 0.6 is 0 Å². The maximum atomic E-state index is 14.1. The Morgan fingerprint density at radius 2 is 1.24 bits per heavy atom. The molecule has 3 heterocycles. The lowest BCUT2D eigenvalue weighted by atomic mass is 10.0. The van der Waals surface area contributed by atoms with Crippen molar-refractivity contribution in [2.75, 3.05) is 39.3 Å². The summed E-state index contributed by atoms with van der Waals surface area (Å²) < 4.78 is 0. The molecule has 14 N–H and O–H groups in total. The zero-order chi connectivity index (χ0) is 40.7. The summed E-state index contributed by atoms with van der Waals surface area (Å²) in [5.74, 6) is -5.25. The third kappa shape index (κ3) is 13.5. The quantitative estimate of drug-likeness (QED) is 0.0326. The van der Waals surface area contributed by atoms with Gasteiger partial charge >= 0.3 is 5.97 Å². The number of aliphatic carboxylic acids is 1. The molecule has 6 amide bonds. The lowest BCUT2D eigenvalue weighted by Crippen LogP contribution is -2.58. The summed E-state index contributed by atoms with van der Waals surface area (Å²) in [7, 11) is 0. The summed E-state index contributed by atoms with van der Waals surface area (Å²) in [6, 6.07) is -5.52. The molecule has 0 saturated carbocycles. The molecule has 21 nitrogen and oxygen atoms in total. The number of carboxylic acid groups (broad SMARTS) is 1. The molecule has 55 heavy (non-hydrogen) atoms. The van der Waals surface area contributed by atoms with Crippen LogP contribution in [0.1, 0.15) is 78.1 Å². The second-order valence-electron chi connectivity index (χ2n) is 14.5. The monoisotopic (exact) mass is 777 g/mol. The molecule has 0 aromatic carbocycles. The first-order chi connectivity index (χ1) is 26.1. The highest BCUT2D eigenvalue weighted by molar-refractivity contribution is 5.97. The average Bonchev–Trinajstić information content (AvgIpc) is 3.93. The second-order valence-corrected chi connectivity index (χ2v) is 14.5. The summed E-state index contributed by atoms with van der Waals surface area (Å²) >= 11 is 0. The van der Waals surface area contributed by atoms with Crippen molar-refractivity contribution in [3.05, 3.63) is 0 Å². The van der Waals surface area contributed by atoms with Gasteiger partial charge in [0.1, 0.15) is 30.2 Å². The number of rotatable bonds is 20. The largest absolute Gasteiger partial charge is 0.480 e. The van der Waals surface area contributed by atoms with Crippen LogP contribution in [0.2, 0.25) is 0 Å². The van der Waals surface area contributed by atoms with E-state index in [9.17, 15) is 38.7 Å². The minimum Gasteiger partial charge on any atom is -0.480 e. The molecule has 0 aromatic heterocycles.